The van der Waals surface area contributed by atoms with Crippen molar-refractivity contribution in [2.75, 3.05) is 0 Å². The molecule has 0 aliphatic heterocycles. The Morgan fingerprint density at radius 3 is 2.73 bits per heavy atom. The van der Waals surface area contributed by atoms with Gasteiger partial charge in [0.15, 0.2) is 0 Å². The minimum atomic E-state index is 1.10. The van der Waals surface area contributed by atoms with Crippen LogP contribution in [-0.4, -0.2) is 4.98 Å². The number of nitrogens with one attached hydrogen (secondary N) is 1. The second-order valence-corrected chi connectivity index (χ2v) is 3.64. The van der Waals surface area contributed by atoms with Crippen molar-refractivity contribution in [2.24, 2.45) is 0 Å². The van der Waals surface area contributed by atoms with Crippen LogP contribution in [0.2, 0.25) is 0 Å². The molecule has 15 heavy (non-hydrogen) atoms. The number of allylic oxidation sites excluding steroid dienone is 2. The first-order valence-electron chi connectivity index (χ1n) is 5.14. The van der Waals surface area contributed by atoms with Crippen LogP contribution in [0.4, 0.5) is 0 Å². The lowest BCUT2D eigenvalue weighted by Crippen LogP contribution is -1.80. The molecule has 0 unspecified atom stereocenters. The molecule has 0 fully saturated rings. The predicted molar refractivity (Wildman–Crippen MR) is 67.7 cm³/mol. The maximum atomic E-state index is 3.85. The summed E-state index contributed by atoms with van der Waals surface area (Å²) in [4.78, 5) is 3.37. The minimum absolute atomic E-state index is 1.10. The topological polar surface area (TPSA) is 15.8 Å². The summed E-state index contributed by atoms with van der Waals surface area (Å²) in [5.74, 6) is 0. The van der Waals surface area contributed by atoms with Crippen molar-refractivity contribution in [3.63, 3.8) is 0 Å². The Morgan fingerprint density at radius 1 is 1.33 bits per heavy atom. The van der Waals surface area contributed by atoms with Crippen molar-refractivity contribution < 1.29 is 0 Å². The summed E-state index contributed by atoms with van der Waals surface area (Å²) >= 11 is 0. The fraction of sp³-hybridized carbons (Fsp3) is 0.143. The quantitative estimate of drug-likeness (QED) is 0.741. The van der Waals surface area contributed by atoms with Gasteiger partial charge in [0.25, 0.3) is 0 Å². The van der Waals surface area contributed by atoms with E-state index >= 15 is 0 Å². The van der Waals surface area contributed by atoms with E-state index < -0.39 is 0 Å². The summed E-state index contributed by atoms with van der Waals surface area (Å²) in [6, 6.07) is 8.34. The Morgan fingerprint density at radius 2 is 2.07 bits per heavy atom. The van der Waals surface area contributed by atoms with Gasteiger partial charge in [-0.25, -0.2) is 0 Å². The molecule has 0 aliphatic rings. The molecule has 76 valence electrons. The summed E-state index contributed by atoms with van der Waals surface area (Å²) < 4.78 is 0. The first-order chi connectivity index (χ1) is 7.27. The van der Waals surface area contributed by atoms with Gasteiger partial charge >= 0.3 is 0 Å². The molecule has 2 rings (SSSR count). The van der Waals surface area contributed by atoms with Crippen LogP contribution in [0.3, 0.4) is 0 Å². The summed E-state index contributed by atoms with van der Waals surface area (Å²) in [6.45, 7) is 8.03. The average Bonchev–Trinajstić information content (AvgIpc) is 2.66. The first-order valence-corrected chi connectivity index (χ1v) is 5.14. The van der Waals surface area contributed by atoms with Crippen LogP contribution in [0.15, 0.2) is 36.9 Å². The SMILES string of the molecule is C=Cc1[nH]c2ccccc2c1/C(C)=C\C. The van der Waals surface area contributed by atoms with Crippen molar-refractivity contribution in [2.45, 2.75) is 13.8 Å². The second-order valence-electron chi connectivity index (χ2n) is 3.64. The van der Waals surface area contributed by atoms with Crippen molar-refractivity contribution in [1.82, 2.24) is 4.98 Å². The Hall–Kier alpha value is -1.76. The molecule has 1 nitrogen and oxygen atoms in total. The summed E-state index contributed by atoms with van der Waals surface area (Å²) in [5.41, 5.74) is 4.82. The van der Waals surface area contributed by atoms with Gasteiger partial charge in [0, 0.05) is 22.2 Å². The molecule has 1 aromatic heterocycles. The number of aromatic nitrogens is 1. The molecular weight excluding hydrogens is 182 g/mol. The Bertz CT molecular complexity index is 529. The molecule has 0 radical (unpaired) electrons. The lowest BCUT2D eigenvalue weighted by molar-refractivity contribution is 1.41. The van der Waals surface area contributed by atoms with Gasteiger partial charge in [-0.1, -0.05) is 30.9 Å². The number of para-hydroxylation sites is 1. The molecule has 1 heteroatoms. The molecule has 0 spiro atoms. The lowest BCUT2D eigenvalue weighted by Gasteiger charge is -2.00. The number of hydrogen-bond donors (Lipinski definition) is 1. The van der Waals surface area contributed by atoms with Crippen LogP contribution in [0.1, 0.15) is 25.1 Å². The number of benzene rings is 1. The molecule has 1 aromatic carbocycles. The normalized spacial score (nSPS) is 12.0. The number of hydrogen-bond acceptors (Lipinski definition) is 0. The van der Waals surface area contributed by atoms with Crippen LogP contribution < -0.4 is 0 Å². The molecule has 0 bridgehead atoms. The predicted octanol–water partition coefficient (Wildman–Crippen LogP) is 4.23. The monoisotopic (exact) mass is 197 g/mol. The number of aromatic amines is 1. The molecule has 1 heterocycles. The van der Waals surface area contributed by atoms with Gasteiger partial charge < -0.3 is 4.98 Å². The van der Waals surface area contributed by atoms with E-state index in [-0.39, 0.29) is 0 Å². The highest BCUT2D eigenvalue weighted by atomic mass is 14.7. The van der Waals surface area contributed by atoms with Crippen LogP contribution in [0.5, 0.6) is 0 Å². The molecule has 0 aliphatic carbocycles. The van der Waals surface area contributed by atoms with Crippen LogP contribution in [-0.2, 0) is 0 Å². The van der Waals surface area contributed by atoms with E-state index in [2.05, 4.69) is 49.7 Å². The lowest BCUT2D eigenvalue weighted by atomic mass is 10.0. The second kappa shape index (κ2) is 3.77. The highest BCUT2D eigenvalue weighted by Gasteiger charge is 2.09. The number of H-pyrrole nitrogens is 1. The fourth-order valence-electron chi connectivity index (χ4n) is 1.89. The van der Waals surface area contributed by atoms with Gasteiger partial charge in [0.1, 0.15) is 0 Å². The van der Waals surface area contributed by atoms with Gasteiger partial charge in [-0.3, -0.25) is 0 Å². The summed E-state index contributed by atoms with van der Waals surface area (Å²) in [6.07, 6.45) is 4.00. The maximum Gasteiger partial charge on any atom is 0.0464 e. The van der Waals surface area contributed by atoms with E-state index in [0.29, 0.717) is 0 Å². The van der Waals surface area contributed by atoms with E-state index in [9.17, 15) is 0 Å². The molecule has 0 atom stereocenters. The van der Waals surface area contributed by atoms with Crippen molar-refractivity contribution in [1.29, 1.82) is 0 Å². The molecular formula is C14H15N. The van der Waals surface area contributed by atoms with Gasteiger partial charge in [-0.15, -0.1) is 0 Å². The summed E-state index contributed by atoms with van der Waals surface area (Å²) in [7, 11) is 0. The van der Waals surface area contributed by atoms with E-state index in [1.807, 2.05) is 12.1 Å². The van der Waals surface area contributed by atoms with Gasteiger partial charge in [0.2, 0.25) is 0 Å². The molecule has 2 aromatic rings. The van der Waals surface area contributed by atoms with Crippen LogP contribution >= 0.6 is 0 Å². The third kappa shape index (κ3) is 1.50. The molecule has 0 saturated carbocycles. The average molecular weight is 197 g/mol. The van der Waals surface area contributed by atoms with Crippen LogP contribution in [0, 0.1) is 0 Å². The third-order valence-electron chi connectivity index (χ3n) is 2.77. The van der Waals surface area contributed by atoms with Crippen molar-refractivity contribution in [3.05, 3.63) is 48.2 Å². The van der Waals surface area contributed by atoms with Gasteiger partial charge in [-0.05, 0) is 31.6 Å². The Kier molecular flexibility index (Phi) is 2.46. The zero-order valence-corrected chi connectivity index (χ0v) is 9.17. The zero-order chi connectivity index (χ0) is 10.8. The van der Waals surface area contributed by atoms with Crippen LogP contribution in [0.25, 0.3) is 22.6 Å². The molecule has 1 N–H and O–H groups in total. The Balaban J connectivity index is 2.84. The number of fused-ring (bicyclic) bond motifs is 1. The molecule has 0 amide bonds. The first kappa shape index (κ1) is 9.78. The standard InChI is InChI=1S/C14H15N/c1-4-10(3)14-11-8-6-7-9-13(11)15-12(14)5-2/h4-9,15H,2H2,1,3H3/b10-4-. The highest BCUT2D eigenvalue weighted by molar-refractivity contribution is 5.96. The smallest absolute Gasteiger partial charge is 0.0464 e. The van der Waals surface area contributed by atoms with E-state index in [1.165, 1.54) is 22.0 Å². The van der Waals surface area contributed by atoms with E-state index in [4.69, 9.17) is 0 Å². The number of rotatable bonds is 2. The minimum Gasteiger partial charge on any atom is -0.355 e. The maximum absolute atomic E-state index is 3.85. The Labute approximate surface area is 90.1 Å². The van der Waals surface area contributed by atoms with Gasteiger partial charge in [-0.2, -0.15) is 0 Å². The van der Waals surface area contributed by atoms with Crippen molar-refractivity contribution >= 4 is 22.6 Å². The molecule has 0 saturated heterocycles. The third-order valence-corrected chi connectivity index (χ3v) is 2.77. The highest BCUT2D eigenvalue weighted by Crippen LogP contribution is 2.29. The fourth-order valence-corrected chi connectivity index (χ4v) is 1.89. The van der Waals surface area contributed by atoms with Gasteiger partial charge in [0.05, 0.1) is 0 Å². The summed E-state index contributed by atoms with van der Waals surface area (Å²) in [5, 5.41) is 1.27. The van der Waals surface area contributed by atoms with Crippen molar-refractivity contribution in [3.8, 4) is 0 Å². The van der Waals surface area contributed by atoms with E-state index in [0.717, 1.165) is 5.69 Å². The van der Waals surface area contributed by atoms with E-state index in [1.54, 1.807) is 0 Å². The zero-order valence-electron chi connectivity index (χ0n) is 9.17. The largest absolute Gasteiger partial charge is 0.355 e.